The van der Waals surface area contributed by atoms with Gasteiger partial charge in [0.25, 0.3) is 0 Å². The highest BCUT2D eigenvalue weighted by Gasteiger charge is 2.44. The van der Waals surface area contributed by atoms with E-state index in [1.807, 2.05) is 0 Å². The highest BCUT2D eigenvalue weighted by molar-refractivity contribution is 5.80. The lowest BCUT2D eigenvalue weighted by Gasteiger charge is -2.40. The van der Waals surface area contributed by atoms with Crippen LogP contribution >= 0.6 is 0 Å². The minimum absolute atomic E-state index is 0.258. The number of allylic oxidation sites excluding steroid dienone is 4. The van der Waals surface area contributed by atoms with Crippen LogP contribution in [0.4, 0.5) is 0 Å². The van der Waals surface area contributed by atoms with Gasteiger partial charge in [0, 0.05) is 0 Å². The second kappa shape index (κ2) is 65.6. The van der Waals surface area contributed by atoms with E-state index < -0.39 is 74.2 Å². The summed E-state index contributed by atoms with van der Waals surface area (Å²) in [4.78, 5) is 13.3. The molecule has 0 saturated carbocycles. The molecule has 1 aliphatic heterocycles. The fourth-order valence-electron chi connectivity index (χ4n) is 12.8. The van der Waals surface area contributed by atoms with Gasteiger partial charge in [-0.3, -0.25) is 4.79 Å². The number of aliphatic hydroxyl groups is 7. The molecule has 1 saturated heterocycles. The molecule has 8 N–H and O–H groups in total. The van der Waals surface area contributed by atoms with Crippen molar-refractivity contribution in [1.29, 1.82) is 0 Å². The Morgan fingerprint density at radius 1 is 0.386 bits per heavy atom. The van der Waals surface area contributed by atoms with Crippen molar-refractivity contribution in [1.82, 2.24) is 5.32 Å². The third kappa shape index (κ3) is 52.0. The second-order valence-electron chi connectivity index (χ2n) is 27.4. The van der Waals surface area contributed by atoms with E-state index in [2.05, 4.69) is 43.5 Å². The van der Waals surface area contributed by atoms with Gasteiger partial charge in [-0.1, -0.05) is 353 Å². The average molecular weight is 1250 g/mol. The van der Waals surface area contributed by atoms with Crippen molar-refractivity contribution in [2.75, 3.05) is 13.2 Å². The van der Waals surface area contributed by atoms with E-state index in [-0.39, 0.29) is 12.8 Å². The van der Waals surface area contributed by atoms with Crippen LogP contribution < -0.4 is 5.32 Å². The van der Waals surface area contributed by atoms with Gasteiger partial charge in [-0.2, -0.15) is 0 Å². The van der Waals surface area contributed by atoms with Crippen molar-refractivity contribution < 1.29 is 50.0 Å². The second-order valence-corrected chi connectivity index (χ2v) is 27.4. The molecule has 0 aromatic heterocycles. The molecular weight excluding hydrogens is 1100 g/mol. The van der Waals surface area contributed by atoms with Crippen LogP contribution in [0.15, 0.2) is 24.3 Å². The van der Waals surface area contributed by atoms with Gasteiger partial charge in [-0.15, -0.1) is 0 Å². The maximum absolute atomic E-state index is 13.3. The maximum atomic E-state index is 13.3. The Bertz CT molecular complexity index is 1480. The van der Waals surface area contributed by atoms with E-state index >= 15 is 0 Å². The molecule has 1 amide bonds. The molecule has 11 nitrogen and oxygen atoms in total. The lowest BCUT2D eigenvalue weighted by Crippen LogP contribution is -2.60. The van der Waals surface area contributed by atoms with Crippen LogP contribution in [-0.2, 0) is 14.3 Å². The van der Waals surface area contributed by atoms with E-state index in [9.17, 15) is 40.5 Å². The van der Waals surface area contributed by atoms with E-state index in [1.54, 1.807) is 0 Å². The summed E-state index contributed by atoms with van der Waals surface area (Å²) in [6.07, 6.45) is 72.9. The Hall–Kier alpha value is -1.41. The van der Waals surface area contributed by atoms with Crippen LogP contribution in [0, 0.1) is 0 Å². The van der Waals surface area contributed by atoms with Crippen molar-refractivity contribution >= 4 is 5.91 Å². The largest absolute Gasteiger partial charge is 0.394 e. The number of carbonyl (C=O) groups excluding carboxylic acids is 1. The van der Waals surface area contributed by atoms with Gasteiger partial charge in [0.15, 0.2) is 6.29 Å². The van der Waals surface area contributed by atoms with Crippen molar-refractivity contribution in [3.63, 3.8) is 0 Å². The SMILES string of the molecule is CCCCCCCCCCCCCCCC/C=C\CCCCCCCCCCCCCCCCCCC(O)C(=O)NC(COC1OC(CO)C(O)C(O)C1O)C(O)C(O)CCC/C=C/CCCCCCCCCCCCCCCCCCCCCCCC. The van der Waals surface area contributed by atoms with Crippen LogP contribution in [0.2, 0.25) is 0 Å². The smallest absolute Gasteiger partial charge is 0.249 e. The van der Waals surface area contributed by atoms with Crippen LogP contribution in [0.3, 0.4) is 0 Å². The molecule has 0 aromatic rings. The summed E-state index contributed by atoms with van der Waals surface area (Å²) >= 11 is 0. The lowest BCUT2D eigenvalue weighted by atomic mass is 9.98. The standard InChI is InChI=1S/C77H149NO10/c1-3-5-7-9-11-13-15-17-19-21-23-25-27-29-31-32-33-34-35-36-37-39-41-43-45-47-49-51-53-55-57-59-61-63-65-70(81)76(86)78-68(67-87-77-75(85)74(84)73(83)71(66-79)88-77)72(82)69(80)64-62-60-58-56-54-52-50-48-46-44-42-40-38-30-28-26-24-22-20-18-16-14-12-10-8-6-4-2/h32-33,56,58,68-75,77,79-85H,3-31,34-55,57,59-67H2,1-2H3,(H,78,86)/b33-32-,58-56+. The predicted octanol–water partition coefficient (Wildman–Crippen LogP) is 19.5. The Balaban J connectivity index is 2.15. The summed E-state index contributed by atoms with van der Waals surface area (Å²) in [5.74, 6) is -0.698. The van der Waals surface area contributed by atoms with Gasteiger partial charge in [0.05, 0.1) is 25.4 Å². The zero-order chi connectivity index (χ0) is 63.9. The van der Waals surface area contributed by atoms with E-state index in [0.29, 0.717) is 12.8 Å². The first-order valence-corrected chi connectivity index (χ1v) is 38.7. The maximum Gasteiger partial charge on any atom is 0.249 e. The van der Waals surface area contributed by atoms with Crippen molar-refractivity contribution in [3.8, 4) is 0 Å². The van der Waals surface area contributed by atoms with Crippen LogP contribution in [0.25, 0.3) is 0 Å². The molecule has 9 unspecified atom stereocenters. The number of hydrogen-bond donors (Lipinski definition) is 8. The average Bonchev–Trinajstić information content (AvgIpc) is 3.61. The first kappa shape index (κ1) is 84.6. The molecule has 0 aliphatic carbocycles. The first-order valence-electron chi connectivity index (χ1n) is 38.7. The molecule has 522 valence electrons. The van der Waals surface area contributed by atoms with E-state index in [0.717, 1.165) is 38.5 Å². The van der Waals surface area contributed by atoms with Gasteiger partial charge in [0.2, 0.25) is 5.91 Å². The van der Waals surface area contributed by atoms with Gasteiger partial charge >= 0.3 is 0 Å². The summed E-state index contributed by atoms with van der Waals surface area (Å²) in [7, 11) is 0. The van der Waals surface area contributed by atoms with Gasteiger partial charge in [-0.05, 0) is 64.2 Å². The third-order valence-corrected chi connectivity index (χ3v) is 19.0. The Morgan fingerprint density at radius 2 is 0.670 bits per heavy atom. The summed E-state index contributed by atoms with van der Waals surface area (Å²) in [5.41, 5.74) is 0. The van der Waals surface area contributed by atoms with Crippen molar-refractivity contribution in [3.05, 3.63) is 24.3 Å². The molecule has 0 radical (unpaired) electrons. The highest BCUT2D eigenvalue weighted by atomic mass is 16.7. The number of nitrogens with one attached hydrogen (secondary N) is 1. The number of hydrogen-bond acceptors (Lipinski definition) is 10. The monoisotopic (exact) mass is 1250 g/mol. The minimum Gasteiger partial charge on any atom is -0.394 e. The van der Waals surface area contributed by atoms with Gasteiger partial charge < -0.3 is 50.5 Å². The molecule has 0 bridgehead atoms. The number of amides is 1. The van der Waals surface area contributed by atoms with Gasteiger partial charge in [-0.25, -0.2) is 0 Å². The number of unbranched alkanes of at least 4 members (excludes halogenated alkanes) is 53. The molecule has 1 aliphatic rings. The first-order chi connectivity index (χ1) is 43.2. The molecule has 1 rings (SSSR count). The Morgan fingerprint density at radius 3 is 0.977 bits per heavy atom. The van der Waals surface area contributed by atoms with Crippen LogP contribution in [-0.4, -0.2) is 110 Å². The molecule has 9 atom stereocenters. The molecular formula is C77H149NO10. The van der Waals surface area contributed by atoms with E-state index in [4.69, 9.17) is 9.47 Å². The van der Waals surface area contributed by atoms with Crippen molar-refractivity contribution in [2.45, 2.75) is 448 Å². The number of rotatable bonds is 69. The third-order valence-electron chi connectivity index (χ3n) is 19.0. The molecule has 0 aromatic carbocycles. The number of ether oxygens (including phenoxy) is 2. The molecule has 11 heteroatoms. The molecule has 0 spiro atoms. The summed E-state index contributed by atoms with van der Waals surface area (Å²) in [5, 5.41) is 76.6. The quantitative estimate of drug-likeness (QED) is 0.0215. The number of carbonyl (C=O) groups is 1. The van der Waals surface area contributed by atoms with E-state index in [1.165, 1.54) is 315 Å². The topological polar surface area (TPSA) is 189 Å². The molecule has 1 heterocycles. The summed E-state index contributed by atoms with van der Waals surface area (Å²) in [6.45, 7) is 3.51. The Labute approximate surface area is 544 Å². The molecule has 1 fully saturated rings. The Kier molecular flexibility index (Phi) is 63.1. The molecule has 88 heavy (non-hydrogen) atoms. The van der Waals surface area contributed by atoms with Crippen LogP contribution in [0.5, 0.6) is 0 Å². The minimum atomic E-state index is -1.67. The fourth-order valence-corrected chi connectivity index (χ4v) is 12.8. The van der Waals surface area contributed by atoms with Crippen molar-refractivity contribution in [2.24, 2.45) is 0 Å². The van der Waals surface area contributed by atoms with Gasteiger partial charge in [0.1, 0.15) is 36.6 Å². The summed E-state index contributed by atoms with van der Waals surface area (Å²) < 4.78 is 11.2. The number of aliphatic hydroxyl groups excluding tert-OH is 7. The zero-order valence-electron chi connectivity index (χ0n) is 58.0. The summed E-state index contributed by atoms with van der Waals surface area (Å²) in [6, 6.07) is -1.19. The highest BCUT2D eigenvalue weighted by Crippen LogP contribution is 2.24. The lowest BCUT2D eigenvalue weighted by molar-refractivity contribution is -0.303. The fraction of sp³-hybridized carbons (Fsp3) is 0.935. The zero-order valence-corrected chi connectivity index (χ0v) is 58.0. The predicted molar refractivity (Wildman–Crippen MR) is 372 cm³/mol. The normalized spacial score (nSPS) is 18.7. The van der Waals surface area contributed by atoms with Crippen LogP contribution in [0.1, 0.15) is 393 Å².